The maximum Gasteiger partial charge on any atom is 0.0540 e. The molecule has 15 heavy (non-hydrogen) atoms. The normalized spacial score (nSPS) is 10.7. The van der Waals surface area contributed by atoms with E-state index < -0.39 is 0 Å². The molecule has 0 saturated carbocycles. The first-order valence-corrected chi connectivity index (χ1v) is 4.98. The van der Waals surface area contributed by atoms with Gasteiger partial charge in [-0.1, -0.05) is 48.5 Å². The van der Waals surface area contributed by atoms with E-state index in [0.717, 1.165) is 11.3 Å². The molecule has 1 heteroatoms. The average molecular weight is 192 g/mol. The number of H-pyrrole nitrogens is 1. The summed E-state index contributed by atoms with van der Waals surface area (Å²) in [5.74, 6) is 0. The summed E-state index contributed by atoms with van der Waals surface area (Å²) in [6, 6.07) is 19.6. The van der Waals surface area contributed by atoms with Gasteiger partial charge < -0.3 is 4.98 Å². The Balaban J connectivity index is 2.28. The number of aromatic nitrogens is 1. The Morgan fingerprint density at radius 1 is 0.933 bits per heavy atom. The van der Waals surface area contributed by atoms with E-state index in [1.54, 1.807) is 0 Å². The fourth-order valence-electron chi connectivity index (χ4n) is 1.85. The van der Waals surface area contributed by atoms with E-state index in [9.17, 15) is 0 Å². The minimum absolute atomic E-state index is 1.11. The number of fused-ring (bicyclic) bond motifs is 1. The van der Waals surface area contributed by atoms with Gasteiger partial charge in [0.05, 0.1) is 5.69 Å². The smallest absolute Gasteiger partial charge is 0.0540 e. The molecule has 0 fully saturated rings. The fraction of sp³-hybridized carbons (Fsp3) is 0. The van der Waals surface area contributed by atoms with E-state index in [2.05, 4.69) is 41.4 Å². The molecule has 1 nitrogen and oxygen atoms in total. The molecule has 0 saturated heterocycles. The van der Waals surface area contributed by atoms with Gasteiger partial charge in [0, 0.05) is 17.1 Å². The van der Waals surface area contributed by atoms with Crippen LogP contribution in [0.15, 0.2) is 54.7 Å². The summed E-state index contributed by atoms with van der Waals surface area (Å²) in [7, 11) is 0. The molecule has 0 bridgehead atoms. The molecular formula is C14H10N. The first-order valence-electron chi connectivity index (χ1n) is 4.98. The van der Waals surface area contributed by atoms with Crippen LogP contribution in [0, 0.1) is 6.07 Å². The molecule has 2 aromatic carbocycles. The van der Waals surface area contributed by atoms with Crippen LogP contribution in [0.5, 0.6) is 0 Å². The molecule has 1 aromatic heterocycles. The van der Waals surface area contributed by atoms with E-state index in [1.165, 1.54) is 10.8 Å². The Morgan fingerprint density at radius 3 is 2.67 bits per heavy atom. The fourth-order valence-corrected chi connectivity index (χ4v) is 1.85. The molecular weight excluding hydrogens is 182 g/mol. The zero-order valence-electron chi connectivity index (χ0n) is 8.20. The molecule has 0 aliphatic carbocycles. The molecule has 1 radical (unpaired) electrons. The van der Waals surface area contributed by atoms with Gasteiger partial charge in [-0.25, -0.2) is 0 Å². The molecule has 71 valence electrons. The van der Waals surface area contributed by atoms with Gasteiger partial charge in [0.25, 0.3) is 0 Å². The standard InChI is InChI=1S/C14H10N/c1-2-6-11(7-3-1)14-13-9-5-4-8-12(13)10-15-14/h1-6,8-10,15H. The zero-order valence-corrected chi connectivity index (χ0v) is 8.20. The zero-order chi connectivity index (χ0) is 10.1. The second-order valence-electron chi connectivity index (χ2n) is 3.53. The van der Waals surface area contributed by atoms with Crippen LogP contribution in [0.4, 0.5) is 0 Å². The first-order chi connectivity index (χ1) is 7.45. The highest BCUT2D eigenvalue weighted by molar-refractivity contribution is 5.95. The Labute approximate surface area is 88.4 Å². The number of rotatable bonds is 1. The van der Waals surface area contributed by atoms with E-state index >= 15 is 0 Å². The van der Waals surface area contributed by atoms with Crippen molar-refractivity contribution in [2.45, 2.75) is 0 Å². The molecule has 3 rings (SSSR count). The summed E-state index contributed by atoms with van der Waals surface area (Å²) in [6.45, 7) is 0. The van der Waals surface area contributed by atoms with Crippen molar-refractivity contribution in [2.24, 2.45) is 0 Å². The predicted octanol–water partition coefficient (Wildman–Crippen LogP) is 3.64. The maximum absolute atomic E-state index is 3.30. The van der Waals surface area contributed by atoms with Gasteiger partial charge >= 0.3 is 0 Å². The molecule has 0 amide bonds. The van der Waals surface area contributed by atoms with Crippen LogP contribution in [-0.4, -0.2) is 4.98 Å². The highest BCUT2D eigenvalue weighted by atomic mass is 14.7. The highest BCUT2D eigenvalue weighted by Gasteiger charge is 2.03. The summed E-state index contributed by atoms with van der Waals surface area (Å²) in [4.78, 5) is 3.30. The van der Waals surface area contributed by atoms with Crippen LogP contribution in [0.1, 0.15) is 0 Å². The van der Waals surface area contributed by atoms with Crippen LogP contribution in [0.3, 0.4) is 0 Å². The second-order valence-corrected chi connectivity index (χ2v) is 3.53. The topological polar surface area (TPSA) is 15.8 Å². The SMILES string of the molecule is [c]1ccccc1-c1[nH]cc2ccccc12. The van der Waals surface area contributed by atoms with E-state index in [1.807, 2.05) is 24.4 Å². The molecule has 0 aliphatic rings. The Hall–Kier alpha value is -2.02. The van der Waals surface area contributed by atoms with E-state index in [0.29, 0.717) is 0 Å². The lowest BCUT2D eigenvalue weighted by molar-refractivity contribution is 1.41. The number of hydrogen-bond donors (Lipinski definition) is 1. The number of hydrogen-bond acceptors (Lipinski definition) is 0. The van der Waals surface area contributed by atoms with Crippen molar-refractivity contribution in [1.29, 1.82) is 0 Å². The number of aromatic amines is 1. The lowest BCUT2D eigenvalue weighted by atomic mass is 10.1. The minimum Gasteiger partial charge on any atom is -0.360 e. The Morgan fingerprint density at radius 2 is 1.80 bits per heavy atom. The van der Waals surface area contributed by atoms with Gasteiger partial charge in [-0.3, -0.25) is 0 Å². The van der Waals surface area contributed by atoms with Crippen LogP contribution in [-0.2, 0) is 0 Å². The van der Waals surface area contributed by atoms with Crippen molar-refractivity contribution in [3.05, 3.63) is 60.8 Å². The quantitative estimate of drug-likeness (QED) is 0.606. The van der Waals surface area contributed by atoms with Crippen molar-refractivity contribution in [3.8, 4) is 11.3 Å². The molecule has 1 N–H and O–H groups in total. The van der Waals surface area contributed by atoms with Crippen molar-refractivity contribution < 1.29 is 0 Å². The highest BCUT2D eigenvalue weighted by Crippen LogP contribution is 2.26. The largest absolute Gasteiger partial charge is 0.360 e. The second kappa shape index (κ2) is 3.28. The monoisotopic (exact) mass is 192 g/mol. The molecule has 0 spiro atoms. The van der Waals surface area contributed by atoms with E-state index in [4.69, 9.17) is 0 Å². The first kappa shape index (κ1) is 8.30. The maximum atomic E-state index is 3.30. The Bertz CT molecular complexity index is 578. The van der Waals surface area contributed by atoms with Crippen LogP contribution in [0.2, 0.25) is 0 Å². The summed E-state index contributed by atoms with van der Waals surface area (Å²) < 4.78 is 0. The lowest BCUT2D eigenvalue weighted by Gasteiger charge is -1.97. The molecule has 0 unspecified atom stereocenters. The van der Waals surface area contributed by atoms with Crippen molar-refractivity contribution in [1.82, 2.24) is 4.98 Å². The third-order valence-corrected chi connectivity index (χ3v) is 2.58. The van der Waals surface area contributed by atoms with Gasteiger partial charge in [0.15, 0.2) is 0 Å². The summed E-state index contributed by atoms with van der Waals surface area (Å²) in [6.07, 6.45) is 2.03. The third kappa shape index (κ3) is 1.33. The Kier molecular flexibility index (Phi) is 1.82. The summed E-state index contributed by atoms with van der Waals surface area (Å²) in [5.41, 5.74) is 2.25. The molecule has 0 aliphatic heterocycles. The van der Waals surface area contributed by atoms with Gasteiger partial charge in [0.1, 0.15) is 0 Å². The number of benzene rings is 2. The van der Waals surface area contributed by atoms with Crippen molar-refractivity contribution >= 4 is 10.8 Å². The lowest BCUT2D eigenvalue weighted by Crippen LogP contribution is -1.76. The summed E-state index contributed by atoms with van der Waals surface area (Å²) >= 11 is 0. The minimum atomic E-state index is 1.11. The summed E-state index contributed by atoms with van der Waals surface area (Å²) in [5, 5.41) is 2.49. The third-order valence-electron chi connectivity index (χ3n) is 2.58. The van der Waals surface area contributed by atoms with Crippen molar-refractivity contribution in [2.75, 3.05) is 0 Å². The van der Waals surface area contributed by atoms with Crippen molar-refractivity contribution in [3.63, 3.8) is 0 Å². The average Bonchev–Trinajstić information content (AvgIpc) is 2.74. The van der Waals surface area contributed by atoms with Crippen LogP contribution >= 0.6 is 0 Å². The van der Waals surface area contributed by atoms with Gasteiger partial charge in [0.2, 0.25) is 0 Å². The molecule has 3 aromatic rings. The van der Waals surface area contributed by atoms with Gasteiger partial charge in [-0.2, -0.15) is 0 Å². The predicted molar refractivity (Wildman–Crippen MR) is 62.6 cm³/mol. The van der Waals surface area contributed by atoms with Gasteiger partial charge in [-0.05, 0) is 11.5 Å². The van der Waals surface area contributed by atoms with E-state index in [-0.39, 0.29) is 0 Å². The molecule has 0 atom stereocenters. The molecule has 1 heterocycles. The van der Waals surface area contributed by atoms with Crippen LogP contribution < -0.4 is 0 Å². The number of nitrogens with one attached hydrogen (secondary N) is 1. The van der Waals surface area contributed by atoms with Gasteiger partial charge in [-0.15, -0.1) is 0 Å². The van der Waals surface area contributed by atoms with Crippen LogP contribution in [0.25, 0.3) is 22.0 Å².